The predicted octanol–water partition coefficient (Wildman–Crippen LogP) is 0.893. The minimum atomic E-state index is 1.07. The van der Waals surface area contributed by atoms with E-state index >= 15 is 0 Å². The number of benzene rings is 1. The van der Waals surface area contributed by atoms with Gasteiger partial charge in [0.25, 0.3) is 0 Å². The molecule has 1 aromatic rings. The van der Waals surface area contributed by atoms with Crippen molar-refractivity contribution in [3.8, 4) is 0 Å². The molecule has 0 saturated heterocycles. The first-order valence-electron chi connectivity index (χ1n) is 3.99. The number of hydrogen-bond donors (Lipinski definition) is 1. The molecule has 0 spiro atoms. The summed E-state index contributed by atoms with van der Waals surface area (Å²) in [6.45, 7) is 3.18. The van der Waals surface area contributed by atoms with Gasteiger partial charge in [0.1, 0.15) is 0 Å². The molecule has 0 heterocycles. The van der Waals surface area contributed by atoms with Crippen LogP contribution in [0.5, 0.6) is 0 Å². The van der Waals surface area contributed by atoms with Crippen LogP contribution in [0.25, 0.3) is 0 Å². The molecule has 1 heteroatoms. The molecule has 0 fully saturated rings. The zero-order chi connectivity index (χ0) is 8.10. The minimum Gasteiger partial charge on any atom is -0.479 e. The molecular weight excluding hydrogens is 134 g/mol. The fraction of sp³-hybridized carbons (Fsp3) is 0.300. The van der Waals surface area contributed by atoms with Crippen molar-refractivity contribution in [1.29, 1.82) is 0 Å². The fourth-order valence-corrected chi connectivity index (χ4v) is 1.02. The van der Waals surface area contributed by atoms with Gasteiger partial charge < -0.3 is 5.32 Å². The van der Waals surface area contributed by atoms with E-state index in [1.165, 1.54) is 11.1 Å². The average Bonchev–Trinajstić information content (AvgIpc) is 2.04. The summed E-state index contributed by atoms with van der Waals surface area (Å²) in [7, 11) is 3.69. The third kappa shape index (κ3) is 2.72. The van der Waals surface area contributed by atoms with Crippen LogP contribution in [0, 0.1) is 14.0 Å². The van der Waals surface area contributed by atoms with Crippen molar-refractivity contribution in [2.45, 2.75) is 13.3 Å². The maximum absolute atomic E-state index is 3.69. The lowest BCUT2D eigenvalue weighted by Gasteiger charge is -2.00. The van der Waals surface area contributed by atoms with Gasteiger partial charge in [0.2, 0.25) is 0 Å². The van der Waals surface area contributed by atoms with E-state index in [1.807, 2.05) is 5.32 Å². The maximum atomic E-state index is 3.69. The van der Waals surface area contributed by atoms with E-state index in [4.69, 9.17) is 0 Å². The summed E-state index contributed by atoms with van der Waals surface area (Å²) in [5, 5.41) is 1.96. The van der Waals surface area contributed by atoms with Gasteiger partial charge >= 0.3 is 0 Å². The summed E-state index contributed by atoms with van der Waals surface area (Å²) < 4.78 is 0. The van der Waals surface area contributed by atoms with E-state index < -0.39 is 0 Å². The van der Waals surface area contributed by atoms with E-state index in [-0.39, 0.29) is 0 Å². The van der Waals surface area contributed by atoms with Gasteiger partial charge in [0.15, 0.2) is 0 Å². The predicted molar refractivity (Wildman–Crippen MR) is 47.0 cm³/mol. The van der Waals surface area contributed by atoms with Crippen LogP contribution in [-0.2, 0) is 6.42 Å². The second-order valence-corrected chi connectivity index (χ2v) is 2.81. The minimum absolute atomic E-state index is 1.07. The number of aryl methyl sites for hydroxylation is 1. The first-order chi connectivity index (χ1) is 5.33. The lowest BCUT2D eigenvalue weighted by atomic mass is 10.1. The van der Waals surface area contributed by atoms with E-state index in [2.05, 4.69) is 38.2 Å². The van der Waals surface area contributed by atoms with Crippen LogP contribution in [0.2, 0.25) is 0 Å². The molecule has 0 aliphatic rings. The lowest BCUT2D eigenvalue weighted by molar-refractivity contribution is -0.594. The van der Waals surface area contributed by atoms with Crippen LogP contribution >= 0.6 is 0 Å². The lowest BCUT2D eigenvalue weighted by Crippen LogP contribution is -2.77. The van der Waals surface area contributed by atoms with Crippen molar-refractivity contribution in [1.82, 2.24) is 0 Å². The number of hydrogen-bond acceptors (Lipinski definition) is 0. The Bertz CT molecular complexity index is 201. The molecular formula is C10H15N. The van der Waals surface area contributed by atoms with Crippen molar-refractivity contribution in [3.05, 3.63) is 42.4 Å². The largest absolute Gasteiger partial charge is 0.479 e. The zero-order valence-electron chi connectivity index (χ0n) is 7.01. The third-order valence-electron chi connectivity index (χ3n) is 1.76. The van der Waals surface area contributed by atoms with Gasteiger partial charge in [-0.3, -0.25) is 0 Å². The Labute approximate surface area is 68.4 Å². The summed E-state index contributed by atoms with van der Waals surface area (Å²) in [4.78, 5) is 0. The molecule has 0 atom stereocenters. The van der Waals surface area contributed by atoms with Crippen LogP contribution in [0.4, 0.5) is 0 Å². The first kappa shape index (κ1) is 8.28. The van der Waals surface area contributed by atoms with Gasteiger partial charge in [-0.2, -0.15) is 7.05 Å². The quantitative estimate of drug-likeness (QED) is 0.615. The zero-order valence-corrected chi connectivity index (χ0v) is 7.01. The Morgan fingerprint density at radius 2 is 1.91 bits per heavy atom. The monoisotopic (exact) mass is 149 g/mol. The summed E-state index contributed by atoms with van der Waals surface area (Å²) >= 11 is 0. The average molecular weight is 149 g/mol. The summed E-state index contributed by atoms with van der Waals surface area (Å²) in [5.41, 5.74) is 2.72. The molecule has 0 aliphatic heterocycles. The van der Waals surface area contributed by atoms with Gasteiger partial charge in [-0.1, -0.05) is 29.8 Å². The molecule has 0 bridgehead atoms. The molecule has 1 rings (SSSR count). The maximum Gasteiger partial charge on any atom is 0.0556 e. The highest BCUT2D eigenvalue weighted by molar-refractivity contribution is 5.21. The number of quaternary nitrogens is 1. The van der Waals surface area contributed by atoms with Crippen LogP contribution < -0.4 is 5.32 Å². The first-order valence-corrected chi connectivity index (χ1v) is 3.99. The molecule has 0 amide bonds. The third-order valence-corrected chi connectivity index (χ3v) is 1.76. The van der Waals surface area contributed by atoms with Crippen molar-refractivity contribution >= 4 is 0 Å². The molecule has 0 aliphatic carbocycles. The van der Waals surface area contributed by atoms with Crippen molar-refractivity contribution in [2.75, 3.05) is 6.54 Å². The van der Waals surface area contributed by atoms with Gasteiger partial charge in [0, 0.05) is 6.42 Å². The number of nitrogens with two attached hydrogens (primary N) is 1. The molecule has 1 aromatic carbocycles. The standard InChI is InChI=1S/C10H15N/c1-9-3-5-10(6-4-9)7-8-11-2/h3-6H,2,7-8,11H2,1H3. The molecule has 11 heavy (non-hydrogen) atoms. The van der Waals surface area contributed by atoms with Crippen molar-refractivity contribution in [2.24, 2.45) is 0 Å². The Morgan fingerprint density at radius 3 is 2.45 bits per heavy atom. The van der Waals surface area contributed by atoms with Gasteiger partial charge in [0.05, 0.1) is 6.54 Å². The summed E-state index contributed by atoms with van der Waals surface area (Å²) in [6.07, 6.45) is 1.11. The molecule has 0 unspecified atom stereocenters. The Kier molecular flexibility index (Phi) is 3.12. The second kappa shape index (κ2) is 4.14. The topological polar surface area (TPSA) is 16.6 Å². The van der Waals surface area contributed by atoms with Crippen molar-refractivity contribution < 1.29 is 5.32 Å². The van der Waals surface area contributed by atoms with E-state index in [1.54, 1.807) is 0 Å². The fourth-order valence-electron chi connectivity index (χ4n) is 1.02. The highest BCUT2D eigenvalue weighted by atomic mass is 14.8. The molecule has 0 aromatic heterocycles. The second-order valence-electron chi connectivity index (χ2n) is 2.81. The van der Waals surface area contributed by atoms with E-state index in [0.29, 0.717) is 0 Å². The van der Waals surface area contributed by atoms with Gasteiger partial charge in [-0.05, 0) is 12.5 Å². The normalized spacial score (nSPS) is 10.0. The molecule has 1 nitrogen and oxygen atoms in total. The van der Waals surface area contributed by atoms with Crippen LogP contribution in [0.1, 0.15) is 11.1 Å². The van der Waals surface area contributed by atoms with Crippen LogP contribution in [-0.4, -0.2) is 6.54 Å². The smallest absolute Gasteiger partial charge is 0.0556 e. The Hall–Kier alpha value is -0.820. The highest BCUT2D eigenvalue weighted by Crippen LogP contribution is 2.02. The Morgan fingerprint density at radius 1 is 1.27 bits per heavy atom. The number of rotatable bonds is 3. The SMILES string of the molecule is [CH2-][NH2+]CCc1ccc(C)cc1. The van der Waals surface area contributed by atoms with Gasteiger partial charge in [-0.15, -0.1) is 0 Å². The molecule has 2 N–H and O–H groups in total. The van der Waals surface area contributed by atoms with E-state index in [9.17, 15) is 0 Å². The Balaban J connectivity index is 2.52. The summed E-state index contributed by atoms with van der Waals surface area (Å²) in [5.74, 6) is 0. The highest BCUT2D eigenvalue weighted by Gasteiger charge is 1.90. The van der Waals surface area contributed by atoms with Crippen molar-refractivity contribution in [3.63, 3.8) is 0 Å². The molecule has 60 valence electrons. The van der Waals surface area contributed by atoms with Gasteiger partial charge in [-0.25, -0.2) is 0 Å². The molecule has 0 radical (unpaired) electrons. The van der Waals surface area contributed by atoms with Crippen LogP contribution in [0.15, 0.2) is 24.3 Å². The summed E-state index contributed by atoms with van der Waals surface area (Å²) in [6, 6.07) is 8.66. The van der Waals surface area contributed by atoms with E-state index in [0.717, 1.165) is 13.0 Å². The van der Waals surface area contributed by atoms with Crippen LogP contribution in [0.3, 0.4) is 0 Å². The molecule has 0 saturated carbocycles.